The summed E-state index contributed by atoms with van der Waals surface area (Å²) in [6, 6.07) is 18.7. The van der Waals surface area contributed by atoms with Gasteiger partial charge in [-0.25, -0.2) is 9.98 Å². The van der Waals surface area contributed by atoms with E-state index in [1.54, 1.807) is 11.3 Å². The van der Waals surface area contributed by atoms with Gasteiger partial charge in [0.15, 0.2) is 5.96 Å². The third-order valence-corrected chi connectivity index (χ3v) is 5.44. The van der Waals surface area contributed by atoms with E-state index in [2.05, 4.69) is 65.9 Å². The summed E-state index contributed by atoms with van der Waals surface area (Å²) >= 11 is 1.75. The Morgan fingerprint density at radius 2 is 1.65 bits per heavy atom. The molecule has 3 aromatic rings. The van der Waals surface area contributed by atoms with Gasteiger partial charge in [0.25, 0.3) is 0 Å². The van der Waals surface area contributed by atoms with Crippen molar-refractivity contribution >= 4 is 41.3 Å². The number of aryl methyl sites for hydroxylation is 1. The maximum atomic E-state index is 5.81. The van der Waals surface area contributed by atoms with Crippen LogP contribution in [0, 0.1) is 6.92 Å². The summed E-state index contributed by atoms with van der Waals surface area (Å²) in [4.78, 5) is 10.4. The van der Waals surface area contributed by atoms with Crippen molar-refractivity contribution in [2.24, 2.45) is 4.99 Å². The molecule has 31 heavy (non-hydrogen) atoms. The predicted molar refractivity (Wildman–Crippen MR) is 140 cm³/mol. The van der Waals surface area contributed by atoms with Gasteiger partial charge in [0.05, 0.1) is 24.8 Å². The molecule has 0 atom stereocenters. The van der Waals surface area contributed by atoms with Crippen LogP contribution in [0.4, 0.5) is 0 Å². The second-order valence-electron chi connectivity index (χ2n) is 7.03. The van der Waals surface area contributed by atoms with E-state index in [1.165, 1.54) is 21.6 Å². The van der Waals surface area contributed by atoms with Gasteiger partial charge in [0, 0.05) is 30.6 Å². The maximum Gasteiger partial charge on any atom is 0.191 e. The topological polar surface area (TPSA) is 58.5 Å². The largest absolute Gasteiger partial charge is 0.372 e. The molecule has 1 heterocycles. The van der Waals surface area contributed by atoms with Gasteiger partial charge in [0.2, 0.25) is 0 Å². The molecule has 0 fully saturated rings. The van der Waals surface area contributed by atoms with Crippen LogP contribution in [0.3, 0.4) is 0 Å². The van der Waals surface area contributed by atoms with Gasteiger partial charge < -0.3 is 15.4 Å². The van der Waals surface area contributed by atoms with E-state index in [4.69, 9.17) is 9.73 Å². The van der Waals surface area contributed by atoms with E-state index in [1.807, 2.05) is 24.4 Å². The van der Waals surface area contributed by atoms with E-state index < -0.39 is 0 Å². The molecule has 0 saturated heterocycles. The van der Waals surface area contributed by atoms with E-state index in [0.717, 1.165) is 30.5 Å². The number of aliphatic imine (C=N–C) groups is 1. The first-order valence-corrected chi connectivity index (χ1v) is 11.2. The standard InChI is InChI=1S/C24H30N4OS.HI/c1-3-25-24(26-14-13-23-27-15-19(2)30-23)28-16-20-9-11-22(12-10-20)18-29-17-21-7-5-4-6-8-21;/h4-12,15H,3,13-14,16-18H2,1-2H3,(H2,25,26,28);1H. The minimum atomic E-state index is 0. The van der Waals surface area contributed by atoms with Gasteiger partial charge in [-0.15, -0.1) is 35.3 Å². The molecule has 0 saturated carbocycles. The van der Waals surface area contributed by atoms with E-state index in [0.29, 0.717) is 19.8 Å². The highest BCUT2D eigenvalue weighted by Crippen LogP contribution is 2.11. The van der Waals surface area contributed by atoms with Crippen molar-refractivity contribution in [3.8, 4) is 0 Å². The predicted octanol–water partition coefficient (Wildman–Crippen LogP) is 5.08. The number of nitrogens with zero attached hydrogens (tertiary/aromatic N) is 2. The number of halogens is 1. The van der Waals surface area contributed by atoms with Crippen LogP contribution < -0.4 is 10.6 Å². The first kappa shape index (κ1) is 25.3. The van der Waals surface area contributed by atoms with E-state index in [9.17, 15) is 0 Å². The molecule has 5 nitrogen and oxygen atoms in total. The Bertz CT molecular complexity index is 913. The smallest absolute Gasteiger partial charge is 0.191 e. The number of hydrogen-bond donors (Lipinski definition) is 2. The molecule has 2 aromatic carbocycles. The molecular formula is C24H31IN4OS. The fraction of sp³-hybridized carbons (Fsp3) is 0.333. The molecular weight excluding hydrogens is 519 g/mol. The van der Waals surface area contributed by atoms with Gasteiger partial charge in [-0.2, -0.15) is 0 Å². The summed E-state index contributed by atoms with van der Waals surface area (Å²) in [6.07, 6.45) is 2.83. The lowest BCUT2D eigenvalue weighted by molar-refractivity contribution is 0.107. The minimum Gasteiger partial charge on any atom is -0.372 e. The van der Waals surface area contributed by atoms with Crippen LogP contribution in [0.5, 0.6) is 0 Å². The van der Waals surface area contributed by atoms with Crippen molar-refractivity contribution in [2.45, 2.75) is 40.0 Å². The molecule has 3 rings (SSSR count). The average Bonchev–Trinajstić information content (AvgIpc) is 3.19. The number of rotatable bonds is 10. The third kappa shape index (κ3) is 9.37. The van der Waals surface area contributed by atoms with Crippen LogP contribution in [-0.4, -0.2) is 24.0 Å². The Morgan fingerprint density at radius 3 is 2.29 bits per heavy atom. The molecule has 0 unspecified atom stereocenters. The SMILES string of the molecule is CCNC(=NCc1ccc(COCc2ccccc2)cc1)NCCc1ncc(C)s1.I. The monoisotopic (exact) mass is 550 g/mol. The fourth-order valence-corrected chi connectivity index (χ4v) is 3.71. The highest BCUT2D eigenvalue weighted by atomic mass is 127. The molecule has 7 heteroatoms. The molecule has 2 N–H and O–H groups in total. The number of thiazole rings is 1. The summed E-state index contributed by atoms with van der Waals surface area (Å²) < 4.78 is 5.81. The zero-order chi connectivity index (χ0) is 21.0. The van der Waals surface area contributed by atoms with Gasteiger partial charge in [-0.05, 0) is 30.5 Å². The molecule has 0 bridgehead atoms. The first-order chi connectivity index (χ1) is 14.7. The van der Waals surface area contributed by atoms with Gasteiger partial charge in [-0.1, -0.05) is 54.6 Å². The van der Waals surface area contributed by atoms with Crippen molar-refractivity contribution in [3.05, 3.63) is 87.4 Å². The quantitative estimate of drug-likeness (QED) is 0.210. The summed E-state index contributed by atoms with van der Waals surface area (Å²) in [6.45, 7) is 7.68. The van der Waals surface area contributed by atoms with Crippen LogP contribution in [0.25, 0.3) is 0 Å². The summed E-state index contributed by atoms with van der Waals surface area (Å²) in [5.74, 6) is 0.834. The zero-order valence-electron chi connectivity index (χ0n) is 18.1. The third-order valence-electron chi connectivity index (χ3n) is 4.47. The zero-order valence-corrected chi connectivity index (χ0v) is 21.3. The normalized spacial score (nSPS) is 11.1. The van der Waals surface area contributed by atoms with Crippen LogP contribution in [-0.2, 0) is 30.9 Å². The summed E-state index contributed by atoms with van der Waals surface area (Å²) in [5.41, 5.74) is 3.54. The Morgan fingerprint density at radius 1 is 0.968 bits per heavy atom. The number of guanidine groups is 1. The highest BCUT2D eigenvalue weighted by molar-refractivity contribution is 14.0. The summed E-state index contributed by atoms with van der Waals surface area (Å²) in [5, 5.41) is 7.84. The van der Waals surface area contributed by atoms with Crippen molar-refractivity contribution in [3.63, 3.8) is 0 Å². The van der Waals surface area contributed by atoms with Crippen LogP contribution in [0.2, 0.25) is 0 Å². The second kappa shape index (κ2) is 14.2. The van der Waals surface area contributed by atoms with Crippen LogP contribution in [0.1, 0.15) is 33.5 Å². The lowest BCUT2D eigenvalue weighted by atomic mass is 10.1. The second-order valence-corrected chi connectivity index (χ2v) is 8.35. The number of hydrogen-bond acceptors (Lipinski definition) is 4. The minimum absolute atomic E-state index is 0. The molecule has 0 aliphatic carbocycles. The molecule has 166 valence electrons. The highest BCUT2D eigenvalue weighted by Gasteiger charge is 2.02. The fourth-order valence-electron chi connectivity index (χ4n) is 2.92. The number of nitrogens with one attached hydrogen (secondary N) is 2. The number of benzene rings is 2. The van der Waals surface area contributed by atoms with Gasteiger partial charge in [-0.3, -0.25) is 0 Å². The first-order valence-electron chi connectivity index (χ1n) is 10.4. The van der Waals surface area contributed by atoms with E-state index in [-0.39, 0.29) is 24.0 Å². The lowest BCUT2D eigenvalue weighted by Gasteiger charge is -2.11. The van der Waals surface area contributed by atoms with Crippen molar-refractivity contribution < 1.29 is 4.74 Å². The average molecular weight is 551 g/mol. The van der Waals surface area contributed by atoms with Crippen LogP contribution >= 0.6 is 35.3 Å². The Labute approximate surface area is 206 Å². The Balaban J connectivity index is 0.00000341. The lowest BCUT2D eigenvalue weighted by Crippen LogP contribution is -2.38. The Hall–Kier alpha value is -1.97. The molecule has 0 amide bonds. The van der Waals surface area contributed by atoms with Crippen molar-refractivity contribution in [1.29, 1.82) is 0 Å². The molecule has 0 aliphatic heterocycles. The van der Waals surface area contributed by atoms with Crippen molar-refractivity contribution in [1.82, 2.24) is 15.6 Å². The molecule has 0 spiro atoms. The van der Waals surface area contributed by atoms with E-state index >= 15 is 0 Å². The van der Waals surface area contributed by atoms with Crippen LogP contribution in [0.15, 0.2) is 65.8 Å². The Kier molecular flexibility index (Phi) is 11.6. The molecule has 0 aliphatic rings. The van der Waals surface area contributed by atoms with Gasteiger partial charge >= 0.3 is 0 Å². The molecule has 0 radical (unpaired) electrons. The van der Waals surface area contributed by atoms with Gasteiger partial charge in [0.1, 0.15) is 0 Å². The number of ether oxygens (including phenoxy) is 1. The summed E-state index contributed by atoms with van der Waals surface area (Å²) in [7, 11) is 0. The van der Waals surface area contributed by atoms with Crippen molar-refractivity contribution in [2.75, 3.05) is 13.1 Å². The maximum absolute atomic E-state index is 5.81. The number of aromatic nitrogens is 1. The molecule has 1 aromatic heterocycles.